The fraction of sp³-hybridized carbons (Fsp3) is 0. The molecule has 170 valence electrons. The van der Waals surface area contributed by atoms with E-state index in [4.69, 9.17) is 0 Å². The third-order valence-electron chi connectivity index (χ3n) is 6.85. The molecule has 0 unspecified atom stereocenters. The lowest BCUT2D eigenvalue weighted by atomic mass is 9.88. The van der Waals surface area contributed by atoms with Crippen molar-refractivity contribution in [1.82, 2.24) is 0 Å². The first kappa shape index (κ1) is 21.7. The first-order valence-corrected chi connectivity index (χ1v) is 11.9. The number of carbonyl (C=O) groups excluding carboxylic acids is 2. The highest BCUT2D eigenvalue weighted by Crippen LogP contribution is 2.40. The Kier molecular flexibility index (Phi) is 5.48. The summed E-state index contributed by atoms with van der Waals surface area (Å²) in [6.07, 6.45) is 1.74. The highest BCUT2D eigenvalue weighted by molar-refractivity contribution is 6.12. The molecule has 0 radical (unpaired) electrons. The quantitative estimate of drug-likeness (QED) is 0.240. The van der Waals surface area contributed by atoms with E-state index in [1.54, 1.807) is 0 Å². The summed E-state index contributed by atoms with van der Waals surface area (Å²) in [6, 6.07) is 41.2. The summed E-state index contributed by atoms with van der Waals surface area (Å²) in [7, 11) is 0. The number of hydrogen-bond donors (Lipinski definition) is 0. The molecule has 6 aromatic rings. The van der Waals surface area contributed by atoms with Gasteiger partial charge in [-0.15, -0.1) is 0 Å². The van der Waals surface area contributed by atoms with Crippen molar-refractivity contribution in [3.63, 3.8) is 0 Å². The second-order valence-corrected chi connectivity index (χ2v) is 8.89. The van der Waals surface area contributed by atoms with Crippen molar-refractivity contribution in [3.05, 3.63) is 132 Å². The Hall–Kier alpha value is -4.82. The molecule has 0 aromatic heterocycles. The van der Waals surface area contributed by atoms with E-state index < -0.39 is 0 Å². The van der Waals surface area contributed by atoms with Crippen LogP contribution in [0.5, 0.6) is 0 Å². The zero-order valence-electron chi connectivity index (χ0n) is 19.5. The van der Waals surface area contributed by atoms with E-state index in [0.717, 1.165) is 34.8 Å². The van der Waals surface area contributed by atoms with E-state index in [1.165, 1.54) is 32.7 Å². The summed E-state index contributed by atoms with van der Waals surface area (Å²) in [5.41, 5.74) is 8.16. The molecule has 2 heteroatoms. The molecule has 0 atom stereocenters. The zero-order valence-corrected chi connectivity index (χ0v) is 19.5. The summed E-state index contributed by atoms with van der Waals surface area (Å²) in [4.78, 5) is 22.2. The van der Waals surface area contributed by atoms with Crippen LogP contribution in [-0.2, 0) is 0 Å². The van der Waals surface area contributed by atoms with Crippen LogP contribution in [0.3, 0.4) is 0 Å². The number of fused-ring (bicyclic) bond motifs is 2. The van der Waals surface area contributed by atoms with E-state index in [2.05, 4.69) is 72.8 Å². The lowest BCUT2D eigenvalue weighted by molar-refractivity contribution is 0.111. The minimum absolute atomic E-state index is 0.673. The van der Waals surface area contributed by atoms with Crippen molar-refractivity contribution in [2.45, 2.75) is 0 Å². The highest BCUT2D eigenvalue weighted by Gasteiger charge is 2.14. The molecular formula is C34H22O2. The first-order valence-electron chi connectivity index (χ1n) is 11.9. The van der Waals surface area contributed by atoms with Gasteiger partial charge in [0.05, 0.1) is 0 Å². The second-order valence-electron chi connectivity index (χ2n) is 8.89. The maximum atomic E-state index is 11.1. The number of carbonyl (C=O) groups is 2. The minimum atomic E-state index is 0.673. The molecule has 0 amide bonds. The monoisotopic (exact) mass is 462 g/mol. The highest BCUT2D eigenvalue weighted by atomic mass is 16.1. The van der Waals surface area contributed by atoms with E-state index in [-0.39, 0.29) is 0 Å². The smallest absolute Gasteiger partial charge is 0.150 e. The average Bonchev–Trinajstić information content (AvgIpc) is 2.96. The van der Waals surface area contributed by atoms with E-state index in [1.807, 2.05) is 48.5 Å². The molecule has 0 spiro atoms. The van der Waals surface area contributed by atoms with Crippen LogP contribution in [0.15, 0.2) is 121 Å². The van der Waals surface area contributed by atoms with Crippen LogP contribution in [-0.4, -0.2) is 12.6 Å². The molecule has 0 saturated heterocycles. The lowest BCUT2D eigenvalue weighted by Gasteiger charge is -2.16. The summed E-state index contributed by atoms with van der Waals surface area (Å²) < 4.78 is 0. The average molecular weight is 463 g/mol. The minimum Gasteiger partial charge on any atom is -0.298 e. The molecule has 0 bridgehead atoms. The Balaban J connectivity index is 1.55. The van der Waals surface area contributed by atoms with Crippen LogP contribution >= 0.6 is 0 Å². The van der Waals surface area contributed by atoms with Crippen LogP contribution in [0, 0.1) is 0 Å². The molecule has 0 saturated carbocycles. The standard InChI is InChI=1S/C34H22O2/c35-21-23-9-13-25(14-10-23)27-17-19-33(31-7-3-1-5-29(27)31)34-20-18-28(30-6-2-4-8-32(30)34)26-15-11-24(22-36)12-16-26/h1-22H. The van der Waals surface area contributed by atoms with E-state index in [9.17, 15) is 9.59 Å². The van der Waals surface area contributed by atoms with Crippen molar-refractivity contribution < 1.29 is 9.59 Å². The van der Waals surface area contributed by atoms with Crippen molar-refractivity contribution in [1.29, 1.82) is 0 Å². The van der Waals surface area contributed by atoms with E-state index in [0.29, 0.717) is 11.1 Å². The van der Waals surface area contributed by atoms with Crippen molar-refractivity contribution >= 4 is 34.1 Å². The Morgan fingerprint density at radius 1 is 0.333 bits per heavy atom. The molecule has 6 rings (SSSR count). The number of aldehydes is 2. The van der Waals surface area contributed by atoms with Crippen molar-refractivity contribution in [3.8, 4) is 33.4 Å². The van der Waals surface area contributed by atoms with Gasteiger partial charge in [-0.1, -0.05) is 121 Å². The van der Waals surface area contributed by atoms with Crippen LogP contribution in [0.2, 0.25) is 0 Å². The fourth-order valence-electron chi connectivity index (χ4n) is 5.05. The second kappa shape index (κ2) is 9.09. The molecule has 0 aliphatic rings. The predicted octanol–water partition coefficient (Wildman–Crippen LogP) is 8.62. The molecule has 0 aliphatic heterocycles. The molecule has 0 aliphatic carbocycles. The van der Waals surface area contributed by atoms with Crippen LogP contribution in [0.4, 0.5) is 0 Å². The van der Waals surface area contributed by atoms with Crippen LogP contribution in [0.25, 0.3) is 54.9 Å². The normalized spacial score (nSPS) is 11.0. The summed E-state index contributed by atoms with van der Waals surface area (Å²) in [5, 5.41) is 4.71. The van der Waals surface area contributed by atoms with Gasteiger partial charge in [0, 0.05) is 11.1 Å². The number of hydrogen-bond acceptors (Lipinski definition) is 2. The SMILES string of the molecule is O=Cc1ccc(-c2ccc(-c3ccc(-c4ccc(C=O)cc4)c4ccccc34)c3ccccc23)cc1. The number of rotatable bonds is 5. The van der Waals surface area contributed by atoms with Crippen molar-refractivity contribution in [2.24, 2.45) is 0 Å². The lowest BCUT2D eigenvalue weighted by Crippen LogP contribution is -1.90. The maximum Gasteiger partial charge on any atom is 0.150 e. The van der Waals surface area contributed by atoms with Gasteiger partial charge in [-0.05, 0) is 54.9 Å². The van der Waals surface area contributed by atoms with Gasteiger partial charge in [0.25, 0.3) is 0 Å². The van der Waals surface area contributed by atoms with Crippen molar-refractivity contribution in [2.75, 3.05) is 0 Å². The Labute approximate surface area is 209 Å². The van der Waals surface area contributed by atoms with Gasteiger partial charge in [-0.2, -0.15) is 0 Å². The molecule has 0 N–H and O–H groups in total. The van der Waals surface area contributed by atoms with Gasteiger partial charge in [-0.3, -0.25) is 9.59 Å². The van der Waals surface area contributed by atoms with Crippen LogP contribution in [0.1, 0.15) is 20.7 Å². The van der Waals surface area contributed by atoms with Gasteiger partial charge in [0.15, 0.2) is 0 Å². The topological polar surface area (TPSA) is 34.1 Å². The molecule has 2 nitrogen and oxygen atoms in total. The summed E-state index contributed by atoms with van der Waals surface area (Å²) in [5.74, 6) is 0. The maximum absolute atomic E-state index is 11.1. The van der Waals surface area contributed by atoms with Gasteiger partial charge < -0.3 is 0 Å². The van der Waals surface area contributed by atoms with Gasteiger partial charge in [0.1, 0.15) is 12.6 Å². The Bertz CT molecular complexity index is 1610. The Morgan fingerprint density at radius 2 is 0.639 bits per heavy atom. The predicted molar refractivity (Wildman–Crippen MR) is 149 cm³/mol. The van der Waals surface area contributed by atoms with E-state index >= 15 is 0 Å². The van der Waals surface area contributed by atoms with Gasteiger partial charge in [0.2, 0.25) is 0 Å². The molecule has 36 heavy (non-hydrogen) atoms. The molecule has 6 aromatic carbocycles. The molecular weight excluding hydrogens is 440 g/mol. The number of benzene rings is 6. The Morgan fingerprint density at radius 3 is 0.972 bits per heavy atom. The third kappa shape index (κ3) is 3.70. The molecule has 0 heterocycles. The van der Waals surface area contributed by atoms with Gasteiger partial charge in [-0.25, -0.2) is 0 Å². The van der Waals surface area contributed by atoms with Gasteiger partial charge >= 0.3 is 0 Å². The summed E-state index contributed by atoms with van der Waals surface area (Å²) in [6.45, 7) is 0. The molecule has 0 fully saturated rings. The zero-order chi connectivity index (χ0) is 24.5. The fourth-order valence-corrected chi connectivity index (χ4v) is 5.05. The summed E-state index contributed by atoms with van der Waals surface area (Å²) >= 11 is 0. The third-order valence-corrected chi connectivity index (χ3v) is 6.85. The first-order chi connectivity index (χ1) is 17.8. The van der Waals surface area contributed by atoms with Crippen LogP contribution < -0.4 is 0 Å². The largest absolute Gasteiger partial charge is 0.298 e.